The first kappa shape index (κ1) is 17.5. The quantitative estimate of drug-likeness (QED) is 0.709. The first-order valence-electron chi connectivity index (χ1n) is 8.65. The van der Waals surface area contributed by atoms with Crippen LogP contribution in [-0.2, 0) is 0 Å². The molecule has 0 spiro atoms. The van der Waals surface area contributed by atoms with Gasteiger partial charge in [-0.05, 0) is 62.4 Å². The molecule has 2 aromatic rings. The molecule has 0 aliphatic heterocycles. The molecular formula is C20H22ClN3O. The van der Waals surface area contributed by atoms with Crippen LogP contribution in [0.25, 0.3) is 0 Å². The SMILES string of the molecule is O=C(NCCC1=CCCCC1)c1ccc(Nc2cccc(Cl)c2)nc1. The molecule has 1 aromatic heterocycles. The predicted octanol–water partition coefficient (Wildman–Crippen LogP) is 5.10. The van der Waals surface area contributed by atoms with Crippen molar-refractivity contribution in [2.75, 3.05) is 11.9 Å². The first-order chi connectivity index (χ1) is 12.2. The fraction of sp³-hybridized carbons (Fsp3) is 0.300. The zero-order chi connectivity index (χ0) is 17.5. The molecule has 1 aliphatic carbocycles. The van der Waals surface area contributed by atoms with E-state index in [1.165, 1.54) is 31.3 Å². The first-order valence-corrected chi connectivity index (χ1v) is 9.03. The largest absolute Gasteiger partial charge is 0.352 e. The van der Waals surface area contributed by atoms with Crippen LogP contribution in [-0.4, -0.2) is 17.4 Å². The van der Waals surface area contributed by atoms with E-state index in [4.69, 9.17) is 11.6 Å². The minimum atomic E-state index is -0.0850. The van der Waals surface area contributed by atoms with E-state index in [2.05, 4.69) is 21.7 Å². The predicted molar refractivity (Wildman–Crippen MR) is 102 cm³/mol. The Morgan fingerprint density at radius 2 is 2.12 bits per heavy atom. The molecule has 0 radical (unpaired) electrons. The summed E-state index contributed by atoms with van der Waals surface area (Å²) in [7, 11) is 0. The topological polar surface area (TPSA) is 54.0 Å². The lowest BCUT2D eigenvalue weighted by Crippen LogP contribution is -2.25. The van der Waals surface area contributed by atoms with Gasteiger partial charge in [0, 0.05) is 23.5 Å². The molecule has 0 saturated carbocycles. The molecule has 1 heterocycles. The molecule has 5 heteroatoms. The third-order valence-electron chi connectivity index (χ3n) is 4.24. The highest BCUT2D eigenvalue weighted by atomic mass is 35.5. The van der Waals surface area contributed by atoms with Crippen LogP contribution in [0.4, 0.5) is 11.5 Å². The smallest absolute Gasteiger partial charge is 0.252 e. The number of nitrogens with zero attached hydrogens (tertiary/aromatic N) is 1. The Morgan fingerprint density at radius 1 is 1.20 bits per heavy atom. The van der Waals surface area contributed by atoms with Gasteiger partial charge in [0.2, 0.25) is 0 Å². The number of pyridine rings is 1. The van der Waals surface area contributed by atoms with Gasteiger partial charge in [0.25, 0.3) is 5.91 Å². The average molecular weight is 356 g/mol. The molecule has 1 aromatic carbocycles. The van der Waals surface area contributed by atoms with E-state index in [0.29, 0.717) is 22.9 Å². The maximum atomic E-state index is 12.2. The van der Waals surface area contributed by atoms with E-state index in [1.54, 1.807) is 18.3 Å². The normalized spacial score (nSPS) is 13.9. The van der Waals surface area contributed by atoms with Crippen molar-refractivity contribution in [1.82, 2.24) is 10.3 Å². The number of hydrogen-bond acceptors (Lipinski definition) is 3. The molecule has 4 nitrogen and oxygen atoms in total. The van der Waals surface area contributed by atoms with Gasteiger partial charge in [-0.1, -0.05) is 29.3 Å². The van der Waals surface area contributed by atoms with E-state index >= 15 is 0 Å². The number of benzene rings is 1. The summed E-state index contributed by atoms with van der Waals surface area (Å²) in [6.07, 6.45) is 9.74. The lowest BCUT2D eigenvalue weighted by molar-refractivity contribution is 0.0953. The average Bonchev–Trinajstić information content (AvgIpc) is 2.63. The number of carbonyl (C=O) groups excluding carboxylic acids is 1. The summed E-state index contributed by atoms with van der Waals surface area (Å²) < 4.78 is 0. The van der Waals surface area contributed by atoms with E-state index in [-0.39, 0.29) is 5.91 Å². The van der Waals surface area contributed by atoms with E-state index in [0.717, 1.165) is 12.1 Å². The van der Waals surface area contributed by atoms with Gasteiger partial charge in [0.05, 0.1) is 5.56 Å². The zero-order valence-electron chi connectivity index (χ0n) is 14.1. The fourth-order valence-electron chi connectivity index (χ4n) is 2.89. The van der Waals surface area contributed by atoms with Crippen LogP contribution < -0.4 is 10.6 Å². The summed E-state index contributed by atoms with van der Waals surface area (Å²) in [4.78, 5) is 16.5. The molecule has 0 unspecified atom stereocenters. The highest BCUT2D eigenvalue weighted by Gasteiger charge is 2.08. The molecule has 130 valence electrons. The highest BCUT2D eigenvalue weighted by molar-refractivity contribution is 6.30. The lowest BCUT2D eigenvalue weighted by Gasteiger charge is -2.13. The van der Waals surface area contributed by atoms with Crippen LogP contribution in [0.2, 0.25) is 5.02 Å². The Balaban J connectivity index is 1.51. The Hall–Kier alpha value is -2.33. The van der Waals surface area contributed by atoms with Crippen LogP contribution in [0.1, 0.15) is 42.5 Å². The molecule has 3 rings (SSSR count). The van der Waals surface area contributed by atoms with Gasteiger partial charge >= 0.3 is 0 Å². The van der Waals surface area contributed by atoms with Crippen molar-refractivity contribution in [3.8, 4) is 0 Å². The van der Waals surface area contributed by atoms with Crippen molar-refractivity contribution < 1.29 is 4.79 Å². The molecule has 25 heavy (non-hydrogen) atoms. The van der Waals surface area contributed by atoms with Gasteiger partial charge in [-0.15, -0.1) is 0 Å². The van der Waals surface area contributed by atoms with Gasteiger partial charge in [0.15, 0.2) is 0 Å². The zero-order valence-corrected chi connectivity index (χ0v) is 14.9. The minimum Gasteiger partial charge on any atom is -0.352 e. The second-order valence-corrected chi connectivity index (χ2v) is 6.62. The van der Waals surface area contributed by atoms with E-state index < -0.39 is 0 Å². The number of aromatic nitrogens is 1. The van der Waals surface area contributed by atoms with Gasteiger partial charge in [0.1, 0.15) is 5.82 Å². The second-order valence-electron chi connectivity index (χ2n) is 6.18. The van der Waals surface area contributed by atoms with Crippen molar-refractivity contribution in [3.05, 3.63) is 64.8 Å². The Kier molecular flexibility index (Phi) is 6.07. The molecular weight excluding hydrogens is 334 g/mol. The Labute approximate surface area is 153 Å². The monoisotopic (exact) mass is 355 g/mol. The van der Waals surface area contributed by atoms with Crippen molar-refractivity contribution >= 4 is 29.0 Å². The number of amides is 1. The fourth-order valence-corrected chi connectivity index (χ4v) is 3.08. The Bertz CT molecular complexity index is 756. The van der Waals surface area contributed by atoms with Crippen LogP contribution in [0, 0.1) is 0 Å². The number of nitrogens with one attached hydrogen (secondary N) is 2. The van der Waals surface area contributed by atoms with Crippen LogP contribution in [0.15, 0.2) is 54.2 Å². The lowest BCUT2D eigenvalue weighted by atomic mass is 9.97. The maximum Gasteiger partial charge on any atom is 0.252 e. The van der Waals surface area contributed by atoms with E-state index in [9.17, 15) is 4.79 Å². The second kappa shape index (κ2) is 8.67. The number of hydrogen-bond donors (Lipinski definition) is 2. The third kappa shape index (κ3) is 5.33. The maximum absolute atomic E-state index is 12.2. The van der Waals surface area contributed by atoms with Gasteiger partial charge in [-0.25, -0.2) is 4.98 Å². The van der Waals surface area contributed by atoms with Crippen molar-refractivity contribution in [3.63, 3.8) is 0 Å². The van der Waals surface area contributed by atoms with Crippen molar-refractivity contribution in [2.45, 2.75) is 32.1 Å². The summed E-state index contributed by atoms with van der Waals surface area (Å²) >= 11 is 5.97. The number of allylic oxidation sites excluding steroid dienone is 1. The summed E-state index contributed by atoms with van der Waals surface area (Å²) in [5.41, 5.74) is 2.89. The van der Waals surface area contributed by atoms with Crippen LogP contribution in [0.3, 0.4) is 0 Å². The minimum absolute atomic E-state index is 0.0850. The summed E-state index contributed by atoms with van der Waals surface area (Å²) in [5.74, 6) is 0.587. The summed E-state index contributed by atoms with van der Waals surface area (Å²) in [5, 5.41) is 6.79. The summed E-state index contributed by atoms with van der Waals surface area (Å²) in [6.45, 7) is 0.674. The van der Waals surface area contributed by atoms with Gasteiger partial charge < -0.3 is 10.6 Å². The standard InChI is InChI=1S/C20H22ClN3O/c21-17-7-4-8-18(13-17)24-19-10-9-16(14-23-19)20(25)22-12-11-15-5-2-1-3-6-15/h4-5,7-10,13-14H,1-3,6,11-12H2,(H,22,25)(H,23,24). The van der Waals surface area contributed by atoms with Gasteiger partial charge in [-0.2, -0.15) is 0 Å². The number of carbonyl (C=O) groups is 1. The third-order valence-corrected chi connectivity index (χ3v) is 4.47. The highest BCUT2D eigenvalue weighted by Crippen LogP contribution is 2.20. The van der Waals surface area contributed by atoms with E-state index in [1.807, 2.05) is 24.3 Å². The van der Waals surface area contributed by atoms with Crippen molar-refractivity contribution in [1.29, 1.82) is 0 Å². The molecule has 1 aliphatic rings. The number of rotatable bonds is 6. The van der Waals surface area contributed by atoms with Crippen molar-refractivity contribution in [2.24, 2.45) is 0 Å². The molecule has 0 fully saturated rings. The molecule has 1 amide bonds. The number of halogens is 1. The molecule has 2 N–H and O–H groups in total. The van der Waals surface area contributed by atoms with Crippen LogP contribution in [0.5, 0.6) is 0 Å². The van der Waals surface area contributed by atoms with Crippen LogP contribution >= 0.6 is 11.6 Å². The van der Waals surface area contributed by atoms with Gasteiger partial charge in [-0.3, -0.25) is 4.79 Å². The molecule has 0 saturated heterocycles. The summed E-state index contributed by atoms with van der Waals surface area (Å²) in [6, 6.07) is 11.0. The Morgan fingerprint density at radius 3 is 2.84 bits per heavy atom. The molecule has 0 bridgehead atoms. The number of anilines is 2. The molecule has 0 atom stereocenters.